The van der Waals surface area contributed by atoms with Gasteiger partial charge < -0.3 is 5.11 Å². The Morgan fingerprint density at radius 1 is 1.06 bits per heavy atom. The highest BCUT2D eigenvalue weighted by Gasteiger charge is 2.23. The lowest BCUT2D eigenvalue weighted by atomic mass is 9.99. The minimum Gasteiger partial charge on any atom is -0.842 e. The van der Waals surface area contributed by atoms with Crippen LogP contribution in [0.2, 0.25) is 14.5 Å². The van der Waals surface area contributed by atoms with E-state index in [-0.39, 0.29) is 12.1 Å². The van der Waals surface area contributed by atoms with Crippen molar-refractivity contribution in [3.05, 3.63) is 95.9 Å². The molecular formula is C25H17Cl3N4O2S. The second-order valence-corrected chi connectivity index (χ2v) is 10.6. The molecule has 0 N–H and O–H groups in total. The van der Waals surface area contributed by atoms with E-state index in [9.17, 15) is 9.90 Å². The average molecular weight is 544 g/mol. The molecule has 0 saturated heterocycles. The zero-order chi connectivity index (χ0) is 24.9. The molecular weight excluding hydrogens is 527 g/mol. The Balaban J connectivity index is 1.79. The van der Waals surface area contributed by atoms with E-state index in [1.165, 1.54) is 21.9 Å². The number of halogens is 3. The van der Waals surface area contributed by atoms with Crippen LogP contribution in [-0.2, 0) is 6.54 Å². The third-order valence-corrected chi connectivity index (χ3v) is 7.19. The van der Waals surface area contributed by atoms with Gasteiger partial charge in [-0.05, 0) is 55.3 Å². The van der Waals surface area contributed by atoms with Crippen molar-refractivity contribution in [2.45, 2.75) is 20.4 Å². The Hall–Kier alpha value is -2.97. The Morgan fingerprint density at radius 3 is 2.54 bits per heavy atom. The van der Waals surface area contributed by atoms with Gasteiger partial charge >= 0.3 is 5.56 Å². The summed E-state index contributed by atoms with van der Waals surface area (Å²) in [6, 6.07) is 10.7. The van der Waals surface area contributed by atoms with Crippen LogP contribution >= 0.6 is 46.1 Å². The molecule has 5 aromatic rings. The van der Waals surface area contributed by atoms with Crippen LogP contribution in [0.25, 0.3) is 28.0 Å². The number of hydrogen-bond donors (Lipinski definition) is 0. The molecule has 1 aromatic carbocycles. The molecule has 10 heteroatoms. The predicted molar refractivity (Wildman–Crippen MR) is 138 cm³/mol. The summed E-state index contributed by atoms with van der Waals surface area (Å²) in [7, 11) is 0. The third-order valence-electron chi connectivity index (χ3n) is 5.60. The maximum Gasteiger partial charge on any atom is 0.349 e. The summed E-state index contributed by atoms with van der Waals surface area (Å²) in [5, 5.41) is 14.7. The van der Waals surface area contributed by atoms with Crippen LogP contribution in [-0.4, -0.2) is 14.4 Å². The molecule has 5 rings (SSSR count). The van der Waals surface area contributed by atoms with Crippen LogP contribution < -0.4 is 15.2 Å². The highest BCUT2D eigenvalue weighted by atomic mass is 35.5. The number of pyridine rings is 2. The first-order chi connectivity index (χ1) is 16.7. The number of hydrogen-bond acceptors (Lipinski definition) is 5. The molecule has 4 aromatic heterocycles. The van der Waals surface area contributed by atoms with Crippen LogP contribution in [0.3, 0.4) is 0 Å². The third kappa shape index (κ3) is 4.41. The zero-order valence-corrected chi connectivity index (χ0v) is 21.6. The smallest absolute Gasteiger partial charge is 0.349 e. The van der Waals surface area contributed by atoms with Gasteiger partial charge in [0.05, 0.1) is 32.7 Å². The molecule has 0 saturated carbocycles. The van der Waals surface area contributed by atoms with Crippen LogP contribution in [0.1, 0.15) is 16.0 Å². The molecule has 0 aliphatic rings. The zero-order valence-electron chi connectivity index (χ0n) is 18.6. The molecule has 0 bridgehead atoms. The average Bonchev–Trinajstić information content (AvgIpc) is 3.21. The highest BCUT2D eigenvalue weighted by molar-refractivity contribution is 7.15. The monoisotopic (exact) mass is 542 g/mol. The van der Waals surface area contributed by atoms with Crippen LogP contribution in [0.15, 0.2) is 59.8 Å². The number of thiazole rings is 1. The summed E-state index contributed by atoms with van der Waals surface area (Å²) in [5.74, 6) is -0.402. The summed E-state index contributed by atoms with van der Waals surface area (Å²) >= 11 is 19.7. The Morgan fingerprint density at radius 2 is 1.83 bits per heavy atom. The van der Waals surface area contributed by atoms with E-state index in [1.54, 1.807) is 35.2 Å². The lowest BCUT2D eigenvalue weighted by molar-refractivity contribution is -0.707. The fraction of sp³-hybridized carbons (Fsp3) is 0.120. The van der Waals surface area contributed by atoms with E-state index in [4.69, 9.17) is 34.8 Å². The minimum atomic E-state index is -0.404. The van der Waals surface area contributed by atoms with Crippen molar-refractivity contribution < 1.29 is 9.67 Å². The van der Waals surface area contributed by atoms with Gasteiger partial charge in [-0.2, -0.15) is 4.40 Å². The van der Waals surface area contributed by atoms with Crippen molar-refractivity contribution in [2.75, 3.05) is 0 Å². The predicted octanol–water partition coefficient (Wildman–Crippen LogP) is 5.47. The van der Waals surface area contributed by atoms with Gasteiger partial charge in [-0.3, -0.25) is 4.98 Å². The van der Waals surface area contributed by atoms with Crippen LogP contribution in [0.4, 0.5) is 0 Å². The molecule has 0 radical (unpaired) electrons. The number of aromatic nitrogens is 4. The number of fused-ring (bicyclic) bond motifs is 1. The van der Waals surface area contributed by atoms with Crippen molar-refractivity contribution >= 4 is 51.8 Å². The second kappa shape index (κ2) is 9.24. The highest BCUT2D eigenvalue weighted by Crippen LogP contribution is 2.33. The summed E-state index contributed by atoms with van der Waals surface area (Å²) in [5.41, 5.74) is 3.48. The van der Waals surface area contributed by atoms with Gasteiger partial charge in [0.25, 0.3) is 5.65 Å². The fourth-order valence-corrected chi connectivity index (χ4v) is 5.61. The van der Waals surface area contributed by atoms with Gasteiger partial charge in [0.2, 0.25) is 0 Å². The number of nitrogens with zero attached hydrogens (tertiary/aromatic N) is 4. The minimum absolute atomic E-state index is 0.0544. The van der Waals surface area contributed by atoms with Gasteiger partial charge in [-0.1, -0.05) is 40.9 Å². The largest absolute Gasteiger partial charge is 0.842 e. The summed E-state index contributed by atoms with van der Waals surface area (Å²) in [4.78, 5) is 22.9. The van der Waals surface area contributed by atoms with Crippen LogP contribution in [0.5, 0.6) is 5.88 Å². The topological polar surface area (TPSA) is 74.2 Å². The maximum absolute atomic E-state index is 13.9. The molecule has 0 spiro atoms. The van der Waals surface area contributed by atoms with E-state index < -0.39 is 11.4 Å². The van der Waals surface area contributed by atoms with Gasteiger partial charge in [0.15, 0.2) is 4.47 Å². The summed E-state index contributed by atoms with van der Waals surface area (Å²) in [6.45, 7) is 3.98. The lowest BCUT2D eigenvalue weighted by Crippen LogP contribution is -2.44. The van der Waals surface area contributed by atoms with E-state index in [0.717, 1.165) is 16.0 Å². The van der Waals surface area contributed by atoms with Gasteiger partial charge in [-0.15, -0.1) is 11.3 Å². The van der Waals surface area contributed by atoms with Gasteiger partial charge in [0.1, 0.15) is 12.1 Å². The molecule has 0 atom stereocenters. The van der Waals surface area contributed by atoms with E-state index in [1.807, 2.05) is 32.0 Å². The van der Waals surface area contributed by atoms with Crippen LogP contribution in [0, 0.1) is 13.8 Å². The van der Waals surface area contributed by atoms with E-state index in [2.05, 4.69) is 9.97 Å². The first-order valence-corrected chi connectivity index (χ1v) is 12.5. The summed E-state index contributed by atoms with van der Waals surface area (Å²) in [6.07, 6.45) is 4.81. The molecule has 6 nitrogen and oxygen atoms in total. The van der Waals surface area contributed by atoms with Crippen molar-refractivity contribution in [2.24, 2.45) is 0 Å². The normalized spacial score (nSPS) is 11.3. The van der Waals surface area contributed by atoms with Crippen molar-refractivity contribution in [3.63, 3.8) is 0 Å². The molecule has 0 aliphatic carbocycles. The number of rotatable bonds is 4. The molecule has 35 heavy (non-hydrogen) atoms. The van der Waals surface area contributed by atoms with Gasteiger partial charge in [0, 0.05) is 23.5 Å². The summed E-state index contributed by atoms with van der Waals surface area (Å²) < 4.78 is 3.48. The second-order valence-electron chi connectivity index (χ2n) is 8.11. The molecule has 4 heterocycles. The van der Waals surface area contributed by atoms with E-state index in [0.29, 0.717) is 37.0 Å². The fourth-order valence-electron chi connectivity index (χ4n) is 4.16. The standard InChI is InChI=1S/C25H17Cl3N4O2S/c1-13-6-15(8-16(7-13)21-19(27)9-17(26)10-29-21)20-23(33)31-5-3-4-14(2)22(31)32(24(20)34)12-18-11-30-25(28)35-18/h3-11H,12H2,1-2H3. The van der Waals surface area contributed by atoms with Crippen molar-refractivity contribution in [3.8, 4) is 28.3 Å². The first-order valence-electron chi connectivity index (χ1n) is 10.5. The quantitative estimate of drug-likeness (QED) is 0.282. The lowest BCUT2D eigenvalue weighted by Gasteiger charge is -2.18. The SMILES string of the molecule is Cc1cc(-c2ncc(Cl)cc2Cl)cc(-c2c([O-])[n+](Cc3cnc(Cl)s3)c3c(C)cccn3c2=O)c1. The molecule has 0 fully saturated rings. The molecule has 0 amide bonds. The Kier molecular flexibility index (Phi) is 6.27. The Labute approximate surface area is 219 Å². The van der Waals surface area contributed by atoms with Crippen molar-refractivity contribution in [1.82, 2.24) is 14.4 Å². The molecule has 176 valence electrons. The number of benzene rings is 1. The first kappa shape index (κ1) is 23.8. The number of aryl methyl sites for hydroxylation is 2. The van der Waals surface area contributed by atoms with E-state index >= 15 is 0 Å². The Bertz CT molecular complexity index is 1680. The maximum atomic E-state index is 13.9. The van der Waals surface area contributed by atoms with Crippen molar-refractivity contribution in [1.29, 1.82) is 0 Å². The molecule has 0 aliphatic heterocycles. The molecule has 0 unspecified atom stereocenters. The van der Waals surface area contributed by atoms with Gasteiger partial charge in [-0.25, -0.2) is 14.3 Å².